The van der Waals surface area contributed by atoms with Crippen LogP contribution in [0.1, 0.15) is 11.1 Å². The van der Waals surface area contributed by atoms with Gasteiger partial charge in [-0.1, -0.05) is 54.6 Å². The monoisotopic (exact) mass is 421 g/mol. The van der Waals surface area contributed by atoms with E-state index in [4.69, 9.17) is 10.5 Å². The van der Waals surface area contributed by atoms with Gasteiger partial charge in [-0.05, 0) is 23.3 Å². The van der Waals surface area contributed by atoms with E-state index in [1.165, 1.54) is 5.56 Å². The lowest BCUT2D eigenvalue weighted by atomic mass is 10.2. The second-order valence-corrected chi connectivity index (χ2v) is 7.40. The standard InChI is InChI=1S/C24H31N5O2/c1-26-24(27-18-21-9-5-11-22(17-21)31-19-23(25)30)29-15-13-28(14-16-29)12-6-10-20-7-3-2-4-8-20/h2-11,17H,12-16,18-19H2,1H3,(H2,25,30)(H,26,27)/b10-6+. The van der Waals surface area contributed by atoms with Gasteiger partial charge in [0.1, 0.15) is 5.75 Å². The first-order valence-corrected chi connectivity index (χ1v) is 10.5. The summed E-state index contributed by atoms with van der Waals surface area (Å²) in [5.41, 5.74) is 7.42. The first-order chi connectivity index (χ1) is 15.1. The second-order valence-electron chi connectivity index (χ2n) is 7.40. The zero-order chi connectivity index (χ0) is 21.9. The zero-order valence-corrected chi connectivity index (χ0v) is 18.0. The Labute approximate surface area is 184 Å². The first-order valence-electron chi connectivity index (χ1n) is 10.5. The molecule has 3 rings (SSSR count). The fourth-order valence-corrected chi connectivity index (χ4v) is 3.46. The van der Waals surface area contributed by atoms with Gasteiger partial charge in [-0.15, -0.1) is 0 Å². The lowest BCUT2D eigenvalue weighted by Crippen LogP contribution is -2.52. The molecule has 1 aliphatic heterocycles. The number of aliphatic imine (C=N–C) groups is 1. The van der Waals surface area contributed by atoms with Gasteiger partial charge in [0, 0.05) is 46.3 Å². The van der Waals surface area contributed by atoms with Crippen LogP contribution >= 0.6 is 0 Å². The van der Waals surface area contributed by atoms with Gasteiger partial charge >= 0.3 is 0 Å². The molecule has 0 spiro atoms. The molecule has 0 aromatic heterocycles. The molecule has 2 aromatic carbocycles. The molecule has 0 radical (unpaired) electrons. The number of carbonyl (C=O) groups excluding carboxylic acids is 1. The third kappa shape index (κ3) is 7.46. The first kappa shape index (κ1) is 22.4. The SMILES string of the molecule is CN=C(NCc1cccc(OCC(N)=O)c1)N1CCN(C/C=C/c2ccccc2)CC1. The largest absolute Gasteiger partial charge is 0.484 e. The zero-order valence-electron chi connectivity index (χ0n) is 18.0. The van der Waals surface area contributed by atoms with Crippen molar-refractivity contribution in [2.45, 2.75) is 6.54 Å². The number of carbonyl (C=O) groups is 1. The summed E-state index contributed by atoms with van der Waals surface area (Å²) in [6.07, 6.45) is 4.40. The Morgan fingerprint density at radius 1 is 1.13 bits per heavy atom. The molecular weight excluding hydrogens is 390 g/mol. The van der Waals surface area contributed by atoms with E-state index in [1.807, 2.05) is 37.4 Å². The van der Waals surface area contributed by atoms with Crippen LogP contribution < -0.4 is 15.8 Å². The number of hydrogen-bond acceptors (Lipinski definition) is 4. The molecule has 1 saturated heterocycles. The number of nitrogens with two attached hydrogens (primary N) is 1. The summed E-state index contributed by atoms with van der Waals surface area (Å²) in [5.74, 6) is 1.03. The normalized spacial score (nSPS) is 15.3. The number of piperazine rings is 1. The smallest absolute Gasteiger partial charge is 0.255 e. The Bertz CT molecular complexity index is 890. The maximum atomic E-state index is 10.9. The maximum Gasteiger partial charge on any atom is 0.255 e. The highest BCUT2D eigenvalue weighted by Gasteiger charge is 2.18. The van der Waals surface area contributed by atoms with Crippen molar-refractivity contribution in [3.8, 4) is 5.75 Å². The Kier molecular flexibility index (Phi) is 8.48. The summed E-state index contributed by atoms with van der Waals surface area (Å²) in [6, 6.07) is 18.0. The summed E-state index contributed by atoms with van der Waals surface area (Å²) in [6.45, 7) is 5.31. The molecule has 164 valence electrons. The molecule has 1 heterocycles. The quantitative estimate of drug-likeness (QED) is 0.503. The van der Waals surface area contributed by atoms with E-state index in [0.29, 0.717) is 12.3 Å². The highest BCUT2D eigenvalue weighted by Crippen LogP contribution is 2.13. The van der Waals surface area contributed by atoms with Crippen molar-refractivity contribution in [1.29, 1.82) is 0 Å². The van der Waals surface area contributed by atoms with Crippen molar-refractivity contribution < 1.29 is 9.53 Å². The van der Waals surface area contributed by atoms with Gasteiger partial charge in [-0.3, -0.25) is 14.7 Å². The van der Waals surface area contributed by atoms with E-state index >= 15 is 0 Å². The molecule has 0 bridgehead atoms. The lowest BCUT2D eigenvalue weighted by molar-refractivity contribution is -0.119. The van der Waals surface area contributed by atoms with E-state index in [-0.39, 0.29) is 6.61 Å². The molecule has 7 nitrogen and oxygen atoms in total. The summed E-state index contributed by atoms with van der Waals surface area (Å²) in [5, 5.41) is 3.42. The number of primary amides is 1. The van der Waals surface area contributed by atoms with Gasteiger partial charge in [0.05, 0.1) is 0 Å². The average Bonchev–Trinajstić information content (AvgIpc) is 2.80. The van der Waals surface area contributed by atoms with E-state index in [1.54, 1.807) is 0 Å². The number of nitrogens with one attached hydrogen (secondary N) is 1. The average molecular weight is 422 g/mol. The summed E-state index contributed by atoms with van der Waals surface area (Å²) < 4.78 is 5.38. The molecule has 1 fully saturated rings. The number of guanidine groups is 1. The van der Waals surface area contributed by atoms with E-state index in [2.05, 4.69) is 56.5 Å². The van der Waals surface area contributed by atoms with Crippen molar-refractivity contribution in [1.82, 2.24) is 15.1 Å². The number of benzene rings is 2. The second kappa shape index (κ2) is 11.8. The van der Waals surface area contributed by atoms with Gasteiger partial charge in [0.25, 0.3) is 5.91 Å². The molecule has 0 atom stereocenters. The van der Waals surface area contributed by atoms with Crippen molar-refractivity contribution >= 4 is 17.9 Å². The Balaban J connectivity index is 1.43. The molecule has 0 unspecified atom stereocenters. The minimum Gasteiger partial charge on any atom is -0.484 e. The van der Waals surface area contributed by atoms with Crippen LogP contribution in [-0.4, -0.2) is 68.0 Å². The van der Waals surface area contributed by atoms with Gasteiger partial charge < -0.3 is 20.7 Å². The van der Waals surface area contributed by atoms with Crippen LogP contribution in [-0.2, 0) is 11.3 Å². The Morgan fingerprint density at radius 2 is 1.90 bits per heavy atom. The van der Waals surface area contributed by atoms with Gasteiger partial charge in [0.2, 0.25) is 0 Å². The third-order valence-electron chi connectivity index (χ3n) is 5.09. The van der Waals surface area contributed by atoms with Crippen molar-refractivity contribution in [3.05, 3.63) is 71.8 Å². The topological polar surface area (TPSA) is 83.2 Å². The maximum absolute atomic E-state index is 10.9. The molecule has 0 aliphatic carbocycles. The van der Waals surface area contributed by atoms with Crippen LogP contribution in [0.25, 0.3) is 6.08 Å². The summed E-state index contributed by atoms with van der Waals surface area (Å²) in [4.78, 5) is 20.1. The number of rotatable bonds is 8. The predicted octanol–water partition coefficient (Wildman–Crippen LogP) is 1.96. The fraction of sp³-hybridized carbons (Fsp3) is 0.333. The number of amides is 1. The van der Waals surface area contributed by atoms with E-state index in [0.717, 1.165) is 44.2 Å². The molecule has 1 aliphatic rings. The van der Waals surface area contributed by atoms with Gasteiger partial charge in [0.15, 0.2) is 12.6 Å². The molecular formula is C24H31N5O2. The Morgan fingerprint density at radius 3 is 2.61 bits per heavy atom. The highest BCUT2D eigenvalue weighted by atomic mass is 16.5. The predicted molar refractivity (Wildman–Crippen MR) is 125 cm³/mol. The third-order valence-corrected chi connectivity index (χ3v) is 5.09. The minimum absolute atomic E-state index is 0.122. The van der Waals surface area contributed by atoms with Crippen LogP contribution in [0.4, 0.5) is 0 Å². The van der Waals surface area contributed by atoms with Crippen LogP contribution in [0.5, 0.6) is 5.75 Å². The molecule has 3 N–H and O–H groups in total. The van der Waals surface area contributed by atoms with Crippen LogP contribution in [0.15, 0.2) is 65.7 Å². The summed E-state index contributed by atoms with van der Waals surface area (Å²) >= 11 is 0. The molecule has 7 heteroatoms. The number of nitrogens with zero attached hydrogens (tertiary/aromatic N) is 3. The van der Waals surface area contributed by atoms with E-state index < -0.39 is 5.91 Å². The highest BCUT2D eigenvalue weighted by molar-refractivity contribution is 5.80. The molecule has 31 heavy (non-hydrogen) atoms. The lowest BCUT2D eigenvalue weighted by Gasteiger charge is -2.36. The minimum atomic E-state index is -0.487. The molecule has 2 aromatic rings. The number of hydrogen-bond donors (Lipinski definition) is 2. The van der Waals surface area contributed by atoms with Crippen molar-refractivity contribution in [2.24, 2.45) is 10.7 Å². The molecule has 1 amide bonds. The van der Waals surface area contributed by atoms with Gasteiger partial charge in [-0.2, -0.15) is 0 Å². The summed E-state index contributed by atoms with van der Waals surface area (Å²) in [7, 11) is 1.81. The van der Waals surface area contributed by atoms with Crippen molar-refractivity contribution in [3.63, 3.8) is 0 Å². The van der Waals surface area contributed by atoms with E-state index in [9.17, 15) is 4.79 Å². The van der Waals surface area contributed by atoms with Crippen LogP contribution in [0.2, 0.25) is 0 Å². The Hall–Kier alpha value is -3.32. The fourth-order valence-electron chi connectivity index (χ4n) is 3.46. The molecule has 0 saturated carbocycles. The van der Waals surface area contributed by atoms with Crippen LogP contribution in [0.3, 0.4) is 0 Å². The number of ether oxygens (including phenoxy) is 1. The van der Waals surface area contributed by atoms with Crippen LogP contribution in [0, 0.1) is 0 Å². The van der Waals surface area contributed by atoms with Gasteiger partial charge in [-0.25, -0.2) is 0 Å². The van der Waals surface area contributed by atoms with Crippen molar-refractivity contribution in [2.75, 3.05) is 46.4 Å².